The molecule has 0 bridgehead atoms. The Bertz CT molecular complexity index is 776. The molecular formula is C19H21N3O3. The molecule has 1 fully saturated rings. The molecular weight excluding hydrogens is 318 g/mol. The van der Waals surface area contributed by atoms with Crippen molar-refractivity contribution in [2.45, 2.75) is 19.4 Å². The summed E-state index contributed by atoms with van der Waals surface area (Å²) in [5.74, 6) is 0.835. The van der Waals surface area contributed by atoms with Crippen LogP contribution >= 0.6 is 0 Å². The number of carbonyl (C=O) groups excluding carboxylic acids is 2. The van der Waals surface area contributed by atoms with Crippen LogP contribution in [-0.4, -0.2) is 25.6 Å². The smallest absolute Gasteiger partial charge is 0.319 e. The largest absolute Gasteiger partial charge is 0.497 e. The van der Waals surface area contributed by atoms with E-state index < -0.39 is 0 Å². The SMILES string of the molecule is COc1cccc(NC(=O)NCc2cccc(N3CCCC3=O)c2)c1. The van der Waals surface area contributed by atoms with Gasteiger partial charge in [-0.15, -0.1) is 0 Å². The van der Waals surface area contributed by atoms with Crippen molar-refractivity contribution in [2.75, 3.05) is 23.9 Å². The highest BCUT2D eigenvalue weighted by molar-refractivity contribution is 5.95. The summed E-state index contributed by atoms with van der Waals surface area (Å²) in [5.41, 5.74) is 2.49. The lowest BCUT2D eigenvalue weighted by Crippen LogP contribution is -2.28. The third-order valence-corrected chi connectivity index (χ3v) is 4.08. The Balaban J connectivity index is 1.57. The molecule has 2 aromatic rings. The van der Waals surface area contributed by atoms with Gasteiger partial charge in [0.15, 0.2) is 0 Å². The Kier molecular flexibility index (Phi) is 5.18. The van der Waals surface area contributed by atoms with Crippen LogP contribution in [0.3, 0.4) is 0 Å². The second-order valence-electron chi connectivity index (χ2n) is 5.86. The average Bonchev–Trinajstić information content (AvgIpc) is 3.06. The number of ether oxygens (including phenoxy) is 1. The fourth-order valence-electron chi connectivity index (χ4n) is 2.81. The van der Waals surface area contributed by atoms with Gasteiger partial charge in [-0.2, -0.15) is 0 Å². The molecule has 2 N–H and O–H groups in total. The fraction of sp³-hybridized carbons (Fsp3) is 0.263. The van der Waals surface area contributed by atoms with Gasteiger partial charge in [0.1, 0.15) is 5.75 Å². The van der Waals surface area contributed by atoms with Gasteiger partial charge >= 0.3 is 6.03 Å². The highest BCUT2D eigenvalue weighted by atomic mass is 16.5. The van der Waals surface area contributed by atoms with E-state index in [0.717, 1.165) is 24.2 Å². The van der Waals surface area contributed by atoms with Crippen molar-refractivity contribution in [1.82, 2.24) is 5.32 Å². The second kappa shape index (κ2) is 7.70. The Morgan fingerprint density at radius 3 is 2.80 bits per heavy atom. The maximum Gasteiger partial charge on any atom is 0.319 e. The topological polar surface area (TPSA) is 70.7 Å². The second-order valence-corrected chi connectivity index (χ2v) is 5.86. The van der Waals surface area contributed by atoms with Crippen molar-refractivity contribution in [3.05, 3.63) is 54.1 Å². The van der Waals surface area contributed by atoms with Crippen LogP contribution in [0.1, 0.15) is 18.4 Å². The Hall–Kier alpha value is -3.02. The first kappa shape index (κ1) is 16.8. The summed E-state index contributed by atoms with van der Waals surface area (Å²) in [7, 11) is 1.58. The first-order valence-electron chi connectivity index (χ1n) is 8.24. The number of urea groups is 1. The van der Waals surface area contributed by atoms with Crippen LogP contribution < -0.4 is 20.3 Å². The summed E-state index contributed by atoms with van der Waals surface area (Å²) in [4.78, 5) is 25.7. The number of rotatable bonds is 5. The molecule has 130 valence electrons. The minimum absolute atomic E-state index is 0.154. The number of carbonyl (C=O) groups is 2. The highest BCUT2D eigenvalue weighted by Crippen LogP contribution is 2.22. The number of amides is 3. The van der Waals surface area contributed by atoms with E-state index in [2.05, 4.69) is 10.6 Å². The van der Waals surface area contributed by atoms with Crippen LogP contribution in [0.2, 0.25) is 0 Å². The van der Waals surface area contributed by atoms with Gasteiger partial charge in [0.25, 0.3) is 0 Å². The van der Waals surface area contributed by atoms with Gasteiger partial charge in [0, 0.05) is 37.0 Å². The van der Waals surface area contributed by atoms with Gasteiger partial charge in [0.05, 0.1) is 7.11 Å². The molecule has 6 nitrogen and oxygen atoms in total. The third kappa shape index (κ3) is 4.29. The predicted molar refractivity (Wildman–Crippen MR) is 96.9 cm³/mol. The van der Waals surface area contributed by atoms with Crippen LogP contribution in [0.5, 0.6) is 5.75 Å². The quantitative estimate of drug-likeness (QED) is 0.879. The first-order chi connectivity index (χ1) is 12.2. The number of hydrogen-bond acceptors (Lipinski definition) is 3. The van der Waals surface area contributed by atoms with E-state index in [4.69, 9.17) is 4.74 Å². The maximum atomic E-state index is 12.1. The minimum atomic E-state index is -0.295. The zero-order valence-electron chi connectivity index (χ0n) is 14.1. The molecule has 0 aliphatic carbocycles. The van der Waals surface area contributed by atoms with Gasteiger partial charge in [0.2, 0.25) is 5.91 Å². The normalized spacial score (nSPS) is 13.6. The standard InChI is InChI=1S/C19H21N3O3/c1-25-17-8-3-6-15(12-17)21-19(24)20-13-14-5-2-7-16(11-14)22-10-4-9-18(22)23/h2-3,5-8,11-12H,4,9-10,13H2,1H3,(H2,20,21,24). The maximum absolute atomic E-state index is 12.1. The summed E-state index contributed by atoms with van der Waals surface area (Å²) >= 11 is 0. The zero-order chi connectivity index (χ0) is 17.6. The molecule has 1 saturated heterocycles. The number of hydrogen-bond donors (Lipinski definition) is 2. The van der Waals surface area contributed by atoms with Gasteiger partial charge in [-0.25, -0.2) is 4.79 Å². The van der Waals surface area contributed by atoms with Crippen LogP contribution in [0, 0.1) is 0 Å². The van der Waals surface area contributed by atoms with Crippen molar-refractivity contribution < 1.29 is 14.3 Å². The molecule has 0 aromatic heterocycles. The zero-order valence-corrected chi connectivity index (χ0v) is 14.1. The van der Waals surface area contributed by atoms with E-state index in [1.165, 1.54) is 0 Å². The Morgan fingerprint density at radius 1 is 1.20 bits per heavy atom. The molecule has 6 heteroatoms. The van der Waals surface area contributed by atoms with E-state index >= 15 is 0 Å². The average molecular weight is 339 g/mol. The number of methoxy groups -OCH3 is 1. The summed E-state index contributed by atoms with van der Waals surface area (Å²) in [6.07, 6.45) is 1.50. The molecule has 3 rings (SSSR count). The van der Waals surface area contributed by atoms with Gasteiger partial charge in [-0.3, -0.25) is 4.79 Å². The molecule has 1 aliphatic rings. The third-order valence-electron chi connectivity index (χ3n) is 4.08. The number of nitrogens with one attached hydrogen (secondary N) is 2. The molecule has 0 spiro atoms. The summed E-state index contributed by atoms with van der Waals surface area (Å²) in [6.45, 7) is 1.14. The first-order valence-corrected chi connectivity index (χ1v) is 8.24. The monoisotopic (exact) mass is 339 g/mol. The van der Waals surface area contributed by atoms with Crippen LogP contribution in [0.25, 0.3) is 0 Å². The number of anilines is 2. The van der Waals surface area contributed by atoms with E-state index in [9.17, 15) is 9.59 Å². The van der Waals surface area contributed by atoms with Crippen molar-refractivity contribution in [3.8, 4) is 5.75 Å². The number of benzene rings is 2. The lowest BCUT2D eigenvalue weighted by Gasteiger charge is -2.16. The predicted octanol–water partition coefficient (Wildman–Crippen LogP) is 3.14. The Morgan fingerprint density at radius 2 is 2.04 bits per heavy atom. The molecule has 0 radical (unpaired) electrons. The summed E-state index contributed by atoms with van der Waals surface area (Å²) in [6, 6.07) is 14.6. The van der Waals surface area contributed by atoms with Crippen molar-refractivity contribution in [1.29, 1.82) is 0 Å². The van der Waals surface area contributed by atoms with Gasteiger partial charge in [-0.1, -0.05) is 18.2 Å². The van der Waals surface area contributed by atoms with E-state index in [-0.39, 0.29) is 11.9 Å². The molecule has 2 aromatic carbocycles. The molecule has 1 aliphatic heterocycles. The van der Waals surface area contributed by atoms with E-state index in [0.29, 0.717) is 24.4 Å². The van der Waals surface area contributed by atoms with Crippen molar-refractivity contribution >= 4 is 23.3 Å². The van der Waals surface area contributed by atoms with Gasteiger partial charge < -0.3 is 20.3 Å². The molecule has 25 heavy (non-hydrogen) atoms. The molecule has 3 amide bonds. The minimum Gasteiger partial charge on any atom is -0.497 e. The van der Waals surface area contributed by atoms with E-state index in [1.54, 1.807) is 24.1 Å². The van der Waals surface area contributed by atoms with Crippen molar-refractivity contribution in [3.63, 3.8) is 0 Å². The lowest BCUT2D eigenvalue weighted by atomic mass is 10.2. The van der Waals surface area contributed by atoms with Crippen LogP contribution in [-0.2, 0) is 11.3 Å². The molecule has 1 heterocycles. The van der Waals surface area contributed by atoms with Crippen LogP contribution in [0.4, 0.5) is 16.2 Å². The molecule has 0 unspecified atom stereocenters. The highest BCUT2D eigenvalue weighted by Gasteiger charge is 2.21. The summed E-state index contributed by atoms with van der Waals surface area (Å²) in [5, 5.41) is 5.59. The van der Waals surface area contributed by atoms with Gasteiger partial charge in [-0.05, 0) is 36.2 Å². The van der Waals surface area contributed by atoms with Crippen molar-refractivity contribution in [2.24, 2.45) is 0 Å². The van der Waals surface area contributed by atoms with Crippen LogP contribution in [0.15, 0.2) is 48.5 Å². The van der Waals surface area contributed by atoms with E-state index in [1.807, 2.05) is 36.4 Å². The molecule has 0 saturated carbocycles. The lowest BCUT2D eigenvalue weighted by molar-refractivity contribution is -0.117. The summed E-state index contributed by atoms with van der Waals surface area (Å²) < 4.78 is 5.13. The number of nitrogens with zero attached hydrogens (tertiary/aromatic N) is 1. The Labute approximate surface area is 146 Å². The molecule has 0 atom stereocenters. The fourth-order valence-corrected chi connectivity index (χ4v) is 2.81.